The first kappa shape index (κ1) is 24.2. The second kappa shape index (κ2) is 8.37. The smallest absolute Gasteiger partial charge is 0.418 e. The second-order valence-electron chi connectivity index (χ2n) is 9.65. The van der Waals surface area contributed by atoms with Crippen molar-refractivity contribution in [1.82, 2.24) is 0 Å². The molecule has 9 heteroatoms. The molecule has 0 aliphatic carbocycles. The van der Waals surface area contributed by atoms with Gasteiger partial charge < -0.3 is 15.2 Å². The summed E-state index contributed by atoms with van der Waals surface area (Å²) in [6.07, 6.45) is -1.89. The van der Waals surface area contributed by atoms with Gasteiger partial charge in [-0.3, -0.25) is 0 Å². The number of benzene rings is 2. The number of rotatable bonds is 6. The van der Waals surface area contributed by atoms with Crippen LogP contribution in [0.3, 0.4) is 0 Å². The molecule has 1 unspecified atom stereocenters. The van der Waals surface area contributed by atoms with Gasteiger partial charge in [-0.05, 0) is 42.2 Å². The number of fused-ring (bicyclic) bond motifs is 2. The van der Waals surface area contributed by atoms with Crippen molar-refractivity contribution in [1.29, 1.82) is 0 Å². The Kier molecular flexibility index (Phi) is 5.96. The fourth-order valence-electron chi connectivity index (χ4n) is 4.71. The van der Waals surface area contributed by atoms with Crippen LogP contribution in [-0.4, -0.2) is 40.8 Å². The van der Waals surface area contributed by atoms with Crippen LogP contribution in [0.4, 0.5) is 28.9 Å². The zero-order chi connectivity index (χ0) is 24.9. The van der Waals surface area contributed by atoms with E-state index in [2.05, 4.69) is 5.32 Å². The van der Waals surface area contributed by atoms with E-state index in [4.69, 9.17) is 4.74 Å². The molecule has 4 rings (SSSR count). The summed E-state index contributed by atoms with van der Waals surface area (Å²) < 4.78 is 63.2. The Morgan fingerprint density at radius 1 is 1.24 bits per heavy atom. The average Bonchev–Trinajstić information content (AvgIpc) is 3.21. The zero-order valence-electron chi connectivity index (χ0n) is 19.2. The molecule has 2 aliphatic heterocycles. The van der Waals surface area contributed by atoms with Gasteiger partial charge in [0.1, 0.15) is 11.6 Å². The van der Waals surface area contributed by atoms with E-state index in [1.807, 2.05) is 0 Å². The summed E-state index contributed by atoms with van der Waals surface area (Å²) in [5.41, 5.74) is -2.41. The Labute approximate surface area is 195 Å². The Morgan fingerprint density at radius 3 is 2.68 bits per heavy atom. The standard InChI is InChI=1S/C25H27F4N2O3/c1-15-7-8-18-20(5-4-6-21(18)31(15)33)30-14-24(32,25(27,28)29)13-23(2,3)19-12-17(26)11-16-9-10-34-22(16)19/h4-8,11-12,15,30,32H,9-10,13-14H2,1-3H3/q+1/t15-,24?/m1/s1. The van der Waals surface area contributed by atoms with E-state index in [0.717, 1.165) is 4.76 Å². The van der Waals surface area contributed by atoms with Crippen molar-refractivity contribution in [3.05, 3.63) is 63.8 Å². The van der Waals surface area contributed by atoms with Gasteiger partial charge in [0.2, 0.25) is 6.04 Å². The molecule has 5 nitrogen and oxygen atoms in total. The molecule has 0 bridgehead atoms. The maximum atomic E-state index is 14.2. The number of alkyl halides is 3. The normalized spacial score (nSPS) is 19.3. The zero-order valence-corrected chi connectivity index (χ0v) is 19.2. The van der Waals surface area contributed by atoms with E-state index >= 15 is 0 Å². The number of ether oxygens (including phenoxy) is 1. The lowest BCUT2D eigenvalue weighted by Gasteiger charge is -2.38. The number of nitrogens with zero attached hydrogens (tertiary/aromatic N) is 1. The van der Waals surface area contributed by atoms with Crippen LogP contribution in [-0.2, 0) is 11.8 Å². The van der Waals surface area contributed by atoms with Crippen LogP contribution < -0.4 is 10.1 Å². The molecule has 0 spiro atoms. The maximum absolute atomic E-state index is 14.2. The molecule has 0 amide bonds. The molecule has 0 saturated carbocycles. The Balaban J connectivity index is 1.64. The number of nitrogens with one attached hydrogen (secondary N) is 1. The fourth-order valence-corrected chi connectivity index (χ4v) is 4.71. The van der Waals surface area contributed by atoms with Crippen molar-refractivity contribution in [2.24, 2.45) is 0 Å². The van der Waals surface area contributed by atoms with E-state index in [1.54, 1.807) is 37.3 Å². The summed E-state index contributed by atoms with van der Waals surface area (Å²) in [7, 11) is 0. The van der Waals surface area contributed by atoms with Gasteiger partial charge in [-0.25, -0.2) is 4.39 Å². The molecule has 0 aromatic heterocycles. The SMILES string of the molecule is C[C@@H]1C=Cc2c(NCC(O)(CC(C)(C)c3cc(F)cc4c3OCC4)C(F)(F)F)cccc2[N+]1=O. The highest BCUT2D eigenvalue weighted by atomic mass is 19.4. The maximum Gasteiger partial charge on any atom is 0.418 e. The van der Waals surface area contributed by atoms with Gasteiger partial charge in [0.05, 0.1) is 18.7 Å². The van der Waals surface area contributed by atoms with E-state index < -0.39 is 42.0 Å². The number of hydrogen-bond acceptors (Lipinski definition) is 4. The van der Waals surface area contributed by atoms with Gasteiger partial charge in [0.25, 0.3) is 5.69 Å². The molecule has 2 aliphatic rings. The lowest BCUT2D eigenvalue weighted by molar-refractivity contribution is -0.489. The number of hydrogen-bond donors (Lipinski definition) is 2. The Bertz CT molecular complexity index is 1160. The lowest BCUT2D eigenvalue weighted by Crippen LogP contribution is -2.53. The third-order valence-electron chi connectivity index (χ3n) is 6.54. The van der Waals surface area contributed by atoms with Gasteiger partial charge >= 0.3 is 6.18 Å². The number of halogens is 4. The minimum absolute atomic E-state index is 0.290. The van der Waals surface area contributed by atoms with Crippen LogP contribution in [0.15, 0.2) is 36.4 Å². The minimum atomic E-state index is -4.97. The van der Waals surface area contributed by atoms with Crippen molar-refractivity contribution in [2.45, 2.75) is 56.8 Å². The Morgan fingerprint density at radius 2 is 1.97 bits per heavy atom. The highest BCUT2D eigenvalue weighted by Crippen LogP contribution is 2.46. The number of anilines is 1. The van der Waals surface area contributed by atoms with Crippen LogP contribution in [0.5, 0.6) is 5.75 Å². The predicted molar refractivity (Wildman–Crippen MR) is 121 cm³/mol. The number of aliphatic hydroxyl groups is 1. The summed E-state index contributed by atoms with van der Waals surface area (Å²) >= 11 is 0. The first-order valence-corrected chi connectivity index (χ1v) is 11.1. The van der Waals surface area contributed by atoms with Gasteiger partial charge in [0, 0.05) is 45.9 Å². The molecular weight excluding hydrogens is 452 g/mol. The number of nitroso groups, excluding NO2 is 1. The van der Waals surface area contributed by atoms with Crippen LogP contribution in [0.25, 0.3) is 6.08 Å². The molecule has 2 atom stereocenters. The molecular formula is C25H27F4N2O3+. The Hall–Kier alpha value is -2.94. The second-order valence-corrected chi connectivity index (χ2v) is 9.65. The molecule has 34 heavy (non-hydrogen) atoms. The van der Waals surface area contributed by atoms with Crippen molar-refractivity contribution in [3.63, 3.8) is 0 Å². The van der Waals surface area contributed by atoms with Crippen molar-refractivity contribution in [2.75, 3.05) is 18.5 Å². The highest BCUT2D eigenvalue weighted by Gasteiger charge is 2.56. The third-order valence-corrected chi connectivity index (χ3v) is 6.54. The molecule has 0 radical (unpaired) electrons. The molecule has 0 fully saturated rings. The predicted octanol–water partition coefficient (Wildman–Crippen LogP) is 5.66. The largest absolute Gasteiger partial charge is 0.493 e. The topological polar surface area (TPSA) is 61.6 Å². The first-order valence-electron chi connectivity index (χ1n) is 11.1. The van der Waals surface area contributed by atoms with Crippen LogP contribution in [0, 0.1) is 10.7 Å². The summed E-state index contributed by atoms with van der Waals surface area (Å²) in [4.78, 5) is 12.4. The molecule has 2 heterocycles. The molecule has 2 aromatic rings. The molecule has 2 N–H and O–H groups in total. The van der Waals surface area contributed by atoms with E-state index in [9.17, 15) is 27.6 Å². The van der Waals surface area contributed by atoms with Crippen LogP contribution in [0.1, 0.15) is 43.9 Å². The average molecular weight is 479 g/mol. The summed E-state index contributed by atoms with van der Waals surface area (Å²) in [6, 6.07) is 6.83. The molecule has 0 saturated heterocycles. The van der Waals surface area contributed by atoms with Crippen molar-refractivity contribution < 1.29 is 32.2 Å². The summed E-state index contributed by atoms with van der Waals surface area (Å²) in [5.74, 6) is -0.170. The van der Waals surface area contributed by atoms with Gasteiger partial charge in [0.15, 0.2) is 5.60 Å². The lowest BCUT2D eigenvalue weighted by atomic mass is 9.74. The van der Waals surface area contributed by atoms with E-state index in [-0.39, 0.29) is 0 Å². The highest BCUT2D eigenvalue weighted by molar-refractivity contribution is 5.75. The monoisotopic (exact) mass is 479 g/mol. The molecule has 182 valence electrons. The third kappa shape index (κ3) is 4.29. The van der Waals surface area contributed by atoms with Crippen molar-refractivity contribution >= 4 is 17.5 Å². The van der Waals surface area contributed by atoms with Gasteiger partial charge in [-0.2, -0.15) is 13.2 Å². The van der Waals surface area contributed by atoms with Gasteiger partial charge in [-0.1, -0.05) is 19.9 Å². The van der Waals surface area contributed by atoms with Gasteiger partial charge in [-0.15, -0.1) is 0 Å². The van der Waals surface area contributed by atoms with Crippen molar-refractivity contribution in [3.8, 4) is 5.75 Å². The quantitative estimate of drug-likeness (QED) is 0.415. The van der Waals surface area contributed by atoms with Crippen LogP contribution in [0.2, 0.25) is 0 Å². The first-order chi connectivity index (χ1) is 15.8. The summed E-state index contributed by atoms with van der Waals surface area (Å²) in [6.45, 7) is 4.25. The van der Waals surface area contributed by atoms with Crippen LogP contribution >= 0.6 is 0 Å². The summed E-state index contributed by atoms with van der Waals surface area (Å²) in [5, 5.41) is 13.6. The molecule has 2 aromatic carbocycles. The van der Waals surface area contributed by atoms with E-state index in [0.29, 0.717) is 46.8 Å². The minimum Gasteiger partial charge on any atom is -0.493 e. The fraction of sp³-hybridized carbons (Fsp3) is 0.440. The van der Waals surface area contributed by atoms with E-state index in [1.165, 1.54) is 26.0 Å².